The van der Waals surface area contributed by atoms with Crippen LogP contribution in [0.2, 0.25) is 0 Å². The zero-order chi connectivity index (χ0) is 42.1. The van der Waals surface area contributed by atoms with E-state index in [9.17, 15) is 0 Å². The van der Waals surface area contributed by atoms with Crippen molar-refractivity contribution in [1.82, 2.24) is 19.1 Å². The first-order chi connectivity index (χ1) is 31.7. The molecule has 64 heavy (non-hydrogen) atoms. The maximum Gasteiger partial charge on any atom is 0.235 e. The lowest BCUT2D eigenvalue weighted by Crippen LogP contribution is -2.03. The summed E-state index contributed by atoms with van der Waals surface area (Å²) in [7, 11) is 0. The fraction of sp³-hybridized carbons (Fsp3) is 0. The molecule has 3 aromatic heterocycles. The molecule has 0 aliphatic carbocycles. The first kappa shape index (κ1) is 36.1. The van der Waals surface area contributed by atoms with Crippen LogP contribution in [0.4, 0.5) is 0 Å². The van der Waals surface area contributed by atoms with E-state index in [0.29, 0.717) is 5.95 Å². The number of benzene rings is 10. The Morgan fingerprint density at radius 3 is 1.50 bits per heavy atom. The van der Waals surface area contributed by atoms with Crippen LogP contribution in [-0.2, 0) is 0 Å². The number of hydrogen-bond acceptors (Lipinski definition) is 2. The molecule has 3 heterocycles. The lowest BCUT2D eigenvalue weighted by atomic mass is 9.98. The molecule has 13 aromatic rings. The van der Waals surface area contributed by atoms with E-state index in [4.69, 9.17) is 9.97 Å². The molecule has 0 aliphatic rings. The average molecular weight is 815 g/mol. The van der Waals surface area contributed by atoms with Crippen molar-refractivity contribution < 1.29 is 0 Å². The second-order valence-electron chi connectivity index (χ2n) is 16.6. The molecule has 0 atom stereocenters. The number of para-hydroxylation sites is 2. The van der Waals surface area contributed by atoms with Gasteiger partial charge in [-0.1, -0.05) is 176 Å². The molecule has 4 nitrogen and oxygen atoms in total. The Bertz CT molecular complexity index is 3880. The summed E-state index contributed by atoms with van der Waals surface area (Å²) in [5.41, 5.74) is 15.4. The topological polar surface area (TPSA) is 35.6 Å². The zero-order valence-corrected chi connectivity index (χ0v) is 34.7. The predicted molar refractivity (Wildman–Crippen MR) is 267 cm³/mol. The maximum atomic E-state index is 5.55. The van der Waals surface area contributed by atoms with Gasteiger partial charge in [0.25, 0.3) is 0 Å². The fourth-order valence-corrected chi connectivity index (χ4v) is 10.0. The van der Waals surface area contributed by atoms with Crippen LogP contribution >= 0.6 is 0 Å². The first-order valence-corrected chi connectivity index (χ1v) is 21.8. The van der Waals surface area contributed by atoms with Crippen molar-refractivity contribution in [3.05, 3.63) is 231 Å². The molecule has 4 heteroatoms. The van der Waals surface area contributed by atoms with Crippen LogP contribution in [0.1, 0.15) is 0 Å². The number of aromatic nitrogens is 4. The van der Waals surface area contributed by atoms with Crippen LogP contribution in [-0.4, -0.2) is 19.1 Å². The molecule has 13 rings (SSSR count). The lowest BCUT2D eigenvalue weighted by Gasteiger charge is -2.14. The smallest absolute Gasteiger partial charge is 0.235 e. The number of nitrogens with zero attached hydrogens (tertiary/aromatic N) is 4. The Hall–Kier alpha value is -8.60. The summed E-state index contributed by atoms with van der Waals surface area (Å²) in [4.78, 5) is 10.9. The van der Waals surface area contributed by atoms with Crippen molar-refractivity contribution in [2.24, 2.45) is 0 Å². The second-order valence-corrected chi connectivity index (χ2v) is 16.6. The summed E-state index contributed by atoms with van der Waals surface area (Å²) in [5, 5.41) is 8.18. The Balaban J connectivity index is 1.13. The first-order valence-electron chi connectivity index (χ1n) is 21.8. The number of fused-ring (bicyclic) bond motifs is 10. The number of rotatable bonds is 6. The summed E-state index contributed by atoms with van der Waals surface area (Å²) >= 11 is 0. The Morgan fingerprint density at radius 2 is 0.781 bits per heavy atom. The van der Waals surface area contributed by atoms with E-state index in [0.717, 1.165) is 55.5 Å². The molecule has 0 saturated carbocycles. The lowest BCUT2D eigenvalue weighted by molar-refractivity contribution is 1.01. The van der Waals surface area contributed by atoms with E-state index in [1.807, 2.05) is 0 Å². The monoisotopic (exact) mass is 814 g/mol. The van der Waals surface area contributed by atoms with Gasteiger partial charge in [-0.05, 0) is 98.8 Å². The SMILES string of the molecule is c1ccc(-c2cccc(-c3nc(-n4c5ccc6ccccc6c5c5c6c7ccccc7n(-c7cc(-c8ccccc8)cc(-c8ccccc8)c7)c6ccc54)nc4ccccc34)c2)cc1. The van der Waals surface area contributed by atoms with Gasteiger partial charge >= 0.3 is 0 Å². The van der Waals surface area contributed by atoms with Gasteiger partial charge in [-0.25, -0.2) is 9.97 Å². The molecule has 10 aromatic carbocycles. The van der Waals surface area contributed by atoms with Crippen molar-refractivity contribution in [3.63, 3.8) is 0 Å². The highest BCUT2D eigenvalue weighted by Crippen LogP contribution is 2.45. The molecule has 0 saturated heterocycles. The highest BCUT2D eigenvalue weighted by atomic mass is 15.2. The third-order valence-corrected chi connectivity index (χ3v) is 12.9. The van der Waals surface area contributed by atoms with Crippen molar-refractivity contribution in [1.29, 1.82) is 0 Å². The normalized spacial score (nSPS) is 11.8. The van der Waals surface area contributed by atoms with Gasteiger partial charge in [0, 0.05) is 38.2 Å². The molecule has 0 N–H and O–H groups in total. The summed E-state index contributed by atoms with van der Waals surface area (Å²) < 4.78 is 4.75. The third kappa shape index (κ3) is 5.70. The molecular weight excluding hydrogens is 777 g/mol. The van der Waals surface area contributed by atoms with Gasteiger partial charge < -0.3 is 4.57 Å². The zero-order valence-electron chi connectivity index (χ0n) is 34.7. The van der Waals surface area contributed by atoms with Crippen LogP contribution < -0.4 is 0 Å². The minimum absolute atomic E-state index is 0.639. The minimum atomic E-state index is 0.639. The van der Waals surface area contributed by atoms with Gasteiger partial charge in [0.05, 0.1) is 33.3 Å². The summed E-state index contributed by atoms with van der Waals surface area (Å²) in [5.74, 6) is 0.639. The summed E-state index contributed by atoms with van der Waals surface area (Å²) in [6.45, 7) is 0. The maximum absolute atomic E-state index is 5.55. The second kappa shape index (κ2) is 14.5. The van der Waals surface area contributed by atoms with Gasteiger partial charge in [0.1, 0.15) is 0 Å². The van der Waals surface area contributed by atoms with Gasteiger partial charge in [-0.3, -0.25) is 4.57 Å². The van der Waals surface area contributed by atoms with E-state index in [1.54, 1.807) is 0 Å². The molecule has 0 spiro atoms. The fourth-order valence-electron chi connectivity index (χ4n) is 10.0. The van der Waals surface area contributed by atoms with Gasteiger partial charge in [-0.2, -0.15) is 0 Å². The summed E-state index contributed by atoms with van der Waals surface area (Å²) in [6.07, 6.45) is 0. The largest absolute Gasteiger partial charge is 0.309 e. The minimum Gasteiger partial charge on any atom is -0.309 e. The highest BCUT2D eigenvalue weighted by Gasteiger charge is 2.24. The van der Waals surface area contributed by atoms with Crippen molar-refractivity contribution in [2.45, 2.75) is 0 Å². The average Bonchev–Trinajstić information content (AvgIpc) is 3.90. The molecular formula is C60H38N4. The van der Waals surface area contributed by atoms with E-state index < -0.39 is 0 Å². The van der Waals surface area contributed by atoms with E-state index in [-0.39, 0.29) is 0 Å². The van der Waals surface area contributed by atoms with Crippen LogP contribution in [0.25, 0.3) is 122 Å². The standard InChI is InChI=1S/C60H38N4/c1-4-17-39(18-5-1)43-24-16-25-44(35-43)59-49-27-12-14-29-51(49)61-60(62-59)64-54-32-31-42-23-10-11-26-48(42)56(54)58-55(64)34-33-53-57(58)50-28-13-15-30-52(50)63(53)47-37-45(40-19-6-2-7-20-40)36-46(38-47)41-21-8-3-9-22-41/h1-38H. The molecule has 0 unspecified atom stereocenters. The molecule has 0 amide bonds. The third-order valence-electron chi connectivity index (χ3n) is 12.9. The molecule has 0 bridgehead atoms. The van der Waals surface area contributed by atoms with Gasteiger partial charge in [0.15, 0.2) is 0 Å². The van der Waals surface area contributed by atoms with E-state index in [2.05, 4.69) is 240 Å². The van der Waals surface area contributed by atoms with Crippen LogP contribution in [0.15, 0.2) is 231 Å². The van der Waals surface area contributed by atoms with Crippen molar-refractivity contribution in [2.75, 3.05) is 0 Å². The molecule has 0 fully saturated rings. The van der Waals surface area contributed by atoms with E-state index >= 15 is 0 Å². The predicted octanol–water partition coefficient (Wildman–Crippen LogP) is 15.6. The van der Waals surface area contributed by atoms with Gasteiger partial charge in [0.2, 0.25) is 5.95 Å². The van der Waals surface area contributed by atoms with E-state index in [1.165, 1.54) is 60.1 Å². The van der Waals surface area contributed by atoms with Gasteiger partial charge in [-0.15, -0.1) is 0 Å². The summed E-state index contributed by atoms with van der Waals surface area (Å²) in [6, 6.07) is 82.8. The highest BCUT2D eigenvalue weighted by molar-refractivity contribution is 6.33. The molecule has 298 valence electrons. The molecule has 0 radical (unpaired) electrons. The van der Waals surface area contributed by atoms with Crippen molar-refractivity contribution in [3.8, 4) is 56.3 Å². The van der Waals surface area contributed by atoms with Crippen LogP contribution in [0.3, 0.4) is 0 Å². The Morgan fingerprint density at radius 1 is 0.281 bits per heavy atom. The number of hydrogen-bond donors (Lipinski definition) is 0. The van der Waals surface area contributed by atoms with Crippen LogP contribution in [0, 0.1) is 0 Å². The quantitative estimate of drug-likeness (QED) is 0.168. The van der Waals surface area contributed by atoms with Crippen LogP contribution in [0.5, 0.6) is 0 Å². The molecule has 0 aliphatic heterocycles. The Labute approximate surface area is 369 Å². The Kier molecular flexibility index (Phi) is 8.18. The van der Waals surface area contributed by atoms with Crippen molar-refractivity contribution >= 4 is 65.3 Å².